The van der Waals surface area contributed by atoms with Crippen LogP contribution in [0.3, 0.4) is 0 Å². The lowest BCUT2D eigenvalue weighted by molar-refractivity contribution is -0.136. The van der Waals surface area contributed by atoms with Crippen LogP contribution in [0.4, 0.5) is 0 Å². The molecule has 0 radical (unpaired) electrons. The van der Waals surface area contributed by atoms with Crippen molar-refractivity contribution < 1.29 is 9.90 Å². The van der Waals surface area contributed by atoms with Gasteiger partial charge in [0.15, 0.2) is 0 Å². The summed E-state index contributed by atoms with van der Waals surface area (Å²) < 4.78 is 0. The molecule has 17 heavy (non-hydrogen) atoms. The molecule has 0 bridgehead atoms. The number of hydrogen-bond acceptors (Lipinski definition) is 3. The molecule has 0 aliphatic heterocycles. The van der Waals surface area contributed by atoms with Crippen LogP contribution >= 0.6 is 0 Å². The fourth-order valence-corrected chi connectivity index (χ4v) is 2.16. The third-order valence-corrected chi connectivity index (χ3v) is 3.15. The van der Waals surface area contributed by atoms with Gasteiger partial charge in [-0.25, -0.2) is 9.97 Å². The first-order valence-electron chi connectivity index (χ1n) is 5.78. The van der Waals surface area contributed by atoms with Gasteiger partial charge in [-0.15, -0.1) is 0 Å². The van der Waals surface area contributed by atoms with Crippen LogP contribution in [0.25, 0.3) is 11.0 Å². The van der Waals surface area contributed by atoms with Gasteiger partial charge in [-0.1, -0.05) is 0 Å². The summed E-state index contributed by atoms with van der Waals surface area (Å²) in [6.45, 7) is 0. The van der Waals surface area contributed by atoms with Gasteiger partial charge in [0.1, 0.15) is 12.0 Å². The summed E-state index contributed by atoms with van der Waals surface area (Å²) in [5.74, 6) is -0.232. The van der Waals surface area contributed by atoms with Crippen molar-refractivity contribution in [3.8, 4) is 0 Å². The Balaban J connectivity index is 2.02. The highest BCUT2D eigenvalue weighted by Crippen LogP contribution is 2.42. The maximum Gasteiger partial charge on any atom is 0.303 e. The summed E-state index contributed by atoms with van der Waals surface area (Å²) in [5, 5.41) is 9.77. The number of carbonyl (C=O) groups is 1. The number of H-pyrrole nitrogens is 1. The average Bonchev–Trinajstić information content (AvgIpc) is 3.07. The summed E-state index contributed by atoms with van der Waals surface area (Å²) >= 11 is 0. The van der Waals surface area contributed by atoms with Gasteiger partial charge < -0.3 is 10.1 Å². The van der Waals surface area contributed by atoms with Gasteiger partial charge >= 0.3 is 5.97 Å². The molecule has 2 aromatic rings. The van der Waals surface area contributed by atoms with Gasteiger partial charge in [0.05, 0.1) is 5.69 Å². The van der Waals surface area contributed by atoms with E-state index >= 15 is 0 Å². The number of rotatable bonds is 4. The molecule has 1 saturated carbocycles. The Bertz CT molecular complexity index is 572. The van der Waals surface area contributed by atoms with Crippen molar-refractivity contribution in [1.29, 1.82) is 0 Å². The Labute approximate surface area is 97.9 Å². The monoisotopic (exact) mass is 231 g/mol. The van der Waals surface area contributed by atoms with Crippen molar-refractivity contribution in [2.75, 3.05) is 0 Å². The largest absolute Gasteiger partial charge is 0.481 e. The van der Waals surface area contributed by atoms with E-state index in [0.717, 1.165) is 22.3 Å². The number of aliphatic carboxylic acids is 1. The second-order valence-corrected chi connectivity index (χ2v) is 4.46. The molecule has 1 aliphatic carbocycles. The molecular formula is C12H13N3O2. The number of hydrogen-bond donors (Lipinski definition) is 2. The van der Waals surface area contributed by atoms with E-state index in [4.69, 9.17) is 5.11 Å². The molecule has 0 amide bonds. The fourth-order valence-electron chi connectivity index (χ4n) is 2.16. The highest BCUT2D eigenvalue weighted by atomic mass is 16.4. The van der Waals surface area contributed by atoms with E-state index in [1.807, 2.05) is 6.20 Å². The summed E-state index contributed by atoms with van der Waals surface area (Å²) in [5.41, 5.74) is 2.92. The summed E-state index contributed by atoms with van der Waals surface area (Å²) in [6, 6.07) is 0. The van der Waals surface area contributed by atoms with E-state index in [2.05, 4.69) is 15.0 Å². The second-order valence-electron chi connectivity index (χ2n) is 4.46. The van der Waals surface area contributed by atoms with Gasteiger partial charge in [0.2, 0.25) is 0 Å². The molecule has 0 saturated heterocycles. The van der Waals surface area contributed by atoms with Crippen LogP contribution in [0.1, 0.15) is 36.4 Å². The van der Waals surface area contributed by atoms with E-state index in [0.29, 0.717) is 12.3 Å². The highest BCUT2D eigenvalue weighted by molar-refractivity contribution is 5.83. The van der Waals surface area contributed by atoms with Crippen molar-refractivity contribution in [3.05, 3.63) is 23.8 Å². The van der Waals surface area contributed by atoms with Crippen molar-refractivity contribution in [1.82, 2.24) is 15.0 Å². The number of aryl methyl sites for hydroxylation is 1. The zero-order valence-corrected chi connectivity index (χ0v) is 9.31. The van der Waals surface area contributed by atoms with Crippen molar-refractivity contribution in [3.63, 3.8) is 0 Å². The Kier molecular flexibility index (Phi) is 2.31. The Hall–Kier alpha value is -1.91. The molecule has 0 atom stereocenters. The first-order valence-corrected chi connectivity index (χ1v) is 5.78. The zero-order chi connectivity index (χ0) is 11.8. The Morgan fingerprint density at radius 3 is 3.00 bits per heavy atom. The van der Waals surface area contributed by atoms with Gasteiger partial charge in [0, 0.05) is 23.9 Å². The first kappa shape index (κ1) is 10.3. The predicted molar refractivity (Wildman–Crippen MR) is 61.8 cm³/mol. The minimum atomic E-state index is -0.774. The van der Waals surface area contributed by atoms with Crippen molar-refractivity contribution in [2.45, 2.75) is 31.6 Å². The van der Waals surface area contributed by atoms with Crippen LogP contribution in [0.2, 0.25) is 0 Å². The van der Waals surface area contributed by atoms with E-state index < -0.39 is 5.97 Å². The average molecular weight is 231 g/mol. The van der Waals surface area contributed by atoms with Crippen LogP contribution in [0, 0.1) is 0 Å². The fraction of sp³-hybridized carbons (Fsp3) is 0.417. The molecule has 5 nitrogen and oxygen atoms in total. The standard InChI is InChI=1S/C12H13N3O2/c16-9(17)4-3-8-5-13-12-10(8)11(7-1-2-7)14-6-15-12/h5-7H,1-4H2,(H,16,17)(H,13,14,15). The lowest BCUT2D eigenvalue weighted by Crippen LogP contribution is -1.98. The van der Waals surface area contributed by atoms with Crippen LogP contribution in [0.5, 0.6) is 0 Å². The smallest absolute Gasteiger partial charge is 0.303 e. The maximum absolute atomic E-state index is 10.6. The number of carboxylic acids is 1. The zero-order valence-electron chi connectivity index (χ0n) is 9.31. The molecule has 3 rings (SSSR count). The Morgan fingerprint density at radius 1 is 1.47 bits per heavy atom. The number of nitrogens with zero attached hydrogens (tertiary/aromatic N) is 2. The topological polar surface area (TPSA) is 78.9 Å². The number of aromatic nitrogens is 3. The third-order valence-electron chi connectivity index (χ3n) is 3.15. The Morgan fingerprint density at radius 2 is 2.29 bits per heavy atom. The highest BCUT2D eigenvalue weighted by Gasteiger charge is 2.28. The van der Waals surface area contributed by atoms with E-state index in [1.165, 1.54) is 12.8 Å². The minimum Gasteiger partial charge on any atom is -0.481 e. The van der Waals surface area contributed by atoms with Crippen molar-refractivity contribution >= 4 is 17.0 Å². The molecule has 1 aliphatic rings. The second kappa shape index (κ2) is 3.84. The molecule has 2 heterocycles. The number of aromatic amines is 1. The number of nitrogens with one attached hydrogen (secondary N) is 1. The summed E-state index contributed by atoms with van der Waals surface area (Å²) in [4.78, 5) is 22.2. The number of carboxylic acid groups (broad SMARTS) is 1. The summed E-state index contributed by atoms with van der Waals surface area (Å²) in [6.07, 6.45) is 6.46. The molecule has 2 aromatic heterocycles. The van der Waals surface area contributed by atoms with E-state index in [-0.39, 0.29) is 6.42 Å². The van der Waals surface area contributed by atoms with Gasteiger partial charge in [-0.3, -0.25) is 4.79 Å². The van der Waals surface area contributed by atoms with Crippen molar-refractivity contribution in [2.24, 2.45) is 0 Å². The first-order chi connectivity index (χ1) is 8.25. The van der Waals surface area contributed by atoms with Crippen LogP contribution < -0.4 is 0 Å². The maximum atomic E-state index is 10.6. The molecule has 2 N–H and O–H groups in total. The molecular weight excluding hydrogens is 218 g/mol. The molecule has 88 valence electrons. The molecule has 0 aromatic carbocycles. The molecule has 0 spiro atoms. The van der Waals surface area contributed by atoms with Crippen LogP contribution in [-0.2, 0) is 11.2 Å². The molecule has 1 fully saturated rings. The van der Waals surface area contributed by atoms with Crippen LogP contribution in [-0.4, -0.2) is 26.0 Å². The van der Waals surface area contributed by atoms with E-state index in [9.17, 15) is 4.79 Å². The molecule has 5 heteroatoms. The summed E-state index contributed by atoms with van der Waals surface area (Å²) in [7, 11) is 0. The van der Waals surface area contributed by atoms with Gasteiger partial charge in [-0.05, 0) is 24.8 Å². The van der Waals surface area contributed by atoms with E-state index in [1.54, 1.807) is 6.33 Å². The SMILES string of the molecule is O=C(O)CCc1c[nH]c2ncnc(C3CC3)c12. The van der Waals surface area contributed by atoms with Gasteiger partial charge in [0.25, 0.3) is 0 Å². The quantitative estimate of drug-likeness (QED) is 0.841. The van der Waals surface area contributed by atoms with Crippen LogP contribution in [0.15, 0.2) is 12.5 Å². The normalized spacial score (nSPS) is 15.3. The van der Waals surface area contributed by atoms with Gasteiger partial charge in [-0.2, -0.15) is 0 Å². The number of fused-ring (bicyclic) bond motifs is 1. The lowest BCUT2D eigenvalue weighted by Gasteiger charge is -2.02. The predicted octanol–water partition coefficient (Wildman–Crippen LogP) is 1.85. The lowest BCUT2D eigenvalue weighted by atomic mass is 10.1. The third kappa shape index (κ3) is 1.88. The minimum absolute atomic E-state index is 0.145. The molecule has 0 unspecified atom stereocenters.